The predicted octanol–water partition coefficient (Wildman–Crippen LogP) is 3.77. The number of amides is 1. The molecule has 172 valence electrons. The van der Waals surface area contributed by atoms with Gasteiger partial charge in [-0.3, -0.25) is 4.79 Å². The summed E-state index contributed by atoms with van der Waals surface area (Å²) in [4.78, 5) is 24.1. The molecule has 1 aliphatic heterocycles. The fourth-order valence-corrected chi connectivity index (χ4v) is 3.91. The fourth-order valence-electron chi connectivity index (χ4n) is 3.91. The minimum absolute atomic E-state index is 0.174. The van der Waals surface area contributed by atoms with E-state index in [-0.39, 0.29) is 18.1 Å². The summed E-state index contributed by atoms with van der Waals surface area (Å²) in [6, 6.07) is 15.0. The highest BCUT2D eigenvalue weighted by Crippen LogP contribution is 2.27. The van der Waals surface area contributed by atoms with Crippen LogP contribution in [0.15, 0.2) is 60.9 Å². The highest BCUT2D eigenvalue weighted by Gasteiger charge is 2.23. The summed E-state index contributed by atoms with van der Waals surface area (Å²) < 4.78 is 11.2. The Hall–Kier alpha value is -3.65. The molecule has 0 bridgehead atoms. The zero-order valence-electron chi connectivity index (χ0n) is 19.1. The van der Waals surface area contributed by atoms with E-state index in [9.17, 15) is 4.79 Å². The highest BCUT2D eigenvalue weighted by atomic mass is 16.5. The van der Waals surface area contributed by atoms with Crippen molar-refractivity contribution < 1.29 is 14.3 Å². The minimum Gasteiger partial charge on any atom is -0.495 e. The third-order valence-corrected chi connectivity index (χ3v) is 5.42. The van der Waals surface area contributed by atoms with Crippen LogP contribution in [-0.2, 0) is 11.3 Å². The van der Waals surface area contributed by atoms with Crippen molar-refractivity contribution in [3.8, 4) is 5.75 Å². The highest BCUT2D eigenvalue weighted by molar-refractivity contribution is 5.99. The lowest BCUT2D eigenvalue weighted by atomic mass is 10.2. The molecule has 8 nitrogen and oxygen atoms in total. The van der Waals surface area contributed by atoms with Crippen molar-refractivity contribution in [1.82, 2.24) is 15.3 Å². The van der Waals surface area contributed by atoms with E-state index in [0.29, 0.717) is 23.7 Å². The maximum atomic E-state index is 12.9. The predicted molar refractivity (Wildman–Crippen MR) is 128 cm³/mol. The number of morpholine rings is 1. The van der Waals surface area contributed by atoms with Gasteiger partial charge in [0.15, 0.2) is 0 Å². The van der Waals surface area contributed by atoms with Gasteiger partial charge in [0.05, 0.1) is 30.6 Å². The molecule has 2 N–H and O–H groups in total. The van der Waals surface area contributed by atoms with E-state index in [0.717, 1.165) is 30.2 Å². The fraction of sp³-hybridized carbons (Fsp3) is 0.320. The molecule has 0 saturated carbocycles. The number of methoxy groups -OCH3 is 1. The third-order valence-electron chi connectivity index (χ3n) is 5.42. The summed E-state index contributed by atoms with van der Waals surface area (Å²) in [7, 11) is 1.60. The van der Waals surface area contributed by atoms with Crippen molar-refractivity contribution >= 4 is 23.2 Å². The number of anilines is 3. The second-order valence-electron chi connectivity index (χ2n) is 8.09. The molecule has 1 aliphatic rings. The summed E-state index contributed by atoms with van der Waals surface area (Å²) in [5.41, 5.74) is 2.10. The lowest BCUT2D eigenvalue weighted by Gasteiger charge is -2.36. The number of benzene rings is 1. The first kappa shape index (κ1) is 22.5. The Morgan fingerprint density at radius 1 is 1.09 bits per heavy atom. The van der Waals surface area contributed by atoms with E-state index in [1.54, 1.807) is 31.6 Å². The number of ether oxygens (including phenoxy) is 2. The summed E-state index contributed by atoms with van der Waals surface area (Å²) in [5.74, 6) is 1.83. The van der Waals surface area contributed by atoms with Crippen LogP contribution in [0.5, 0.6) is 5.75 Å². The number of nitrogens with zero attached hydrogens (tertiary/aromatic N) is 3. The average Bonchev–Trinajstić information content (AvgIpc) is 2.83. The Balaban J connectivity index is 1.40. The van der Waals surface area contributed by atoms with Crippen LogP contribution in [0.25, 0.3) is 0 Å². The van der Waals surface area contributed by atoms with E-state index in [2.05, 4.69) is 39.3 Å². The first-order valence-corrected chi connectivity index (χ1v) is 11.0. The molecule has 2 atom stereocenters. The van der Waals surface area contributed by atoms with Crippen LogP contribution in [0, 0.1) is 0 Å². The van der Waals surface area contributed by atoms with Crippen molar-refractivity contribution in [1.29, 1.82) is 0 Å². The van der Waals surface area contributed by atoms with Gasteiger partial charge >= 0.3 is 0 Å². The van der Waals surface area contributed by atoms with Crippen LogP contribution >= 0.6 is 0 Å². The van der Waals surface area contributed by atoms with Gasteiger partial charge < -0.3 is 25.0 Å². The van der Waals surface area contributed by atoms with Crippen molar-refractivity contribution in [2.75, 3.05) is 30.4 Å². The van der Waals surface area contributed by atoms with Crippen molar-refractivity contribution in [3.05, 3.63) is 72.1 Å². The molecule has 1 amide bonds. The maximum absolute atomic E-state index is 12.9. The molecule has 1 aromatic carbocycles. The van der Waals surface area contributed by atoms with Gasteiger partial charge in [-0.2, -0.15) is 0 Å². The van der Waals surface area contributed by atoms with Gasteiger partial charge in [0.25, 0.3) is 5.91 Å². The normalized spacial score (nSPS) is 18.0. The molecule has 1 fully saturated rings. The van der Waals surface area contributed by atoms with Gasteiger partial charge in [-0.15, -0.1) is 0 Å². The molecule has 33 heavy (non-hydrogen) atoms. The smallest absolute Gasteiger partial charge is 0.255 e. The number of para-hydroxylation sites is 2. The Morgan fingerprint density at radius 2 is 1.88 bits per heavy atom. The maximum Gasteiger partial charge on any atom is 0.255 e. The molecule has 2 unspecified atom stereocenters. The second kappa shape index (κ2) is 10.3. The quantitative estimate of drug-likeness (QED) is 0.570. The van der Waals surface area contributed by atoms with Gasteiger partial charge in [-0.1, -0.05) is 18.2 Å². The van der Waals surface area contributed by atoms with Crippen molar-refractivity contribution in [2.45, 2.75) is 32.6 Å². The Morgan fingerprint density at radius 3 is 2.61 bits per heavy atom. The molecule has 0 aliphatic carbocycles. The zero-order chi connectivity index (χ0) is 23.2. The van der Waals surface area contributed by atoms with Gasteiger partial charge in [-0.05, 0) is 49.7 Å². The molecule has 1 saturated heterocycles. The number of carbonyl (C=O) groups excluding carboxylic acids is 1. The summed E-state index contributed by atoms with van der Waals surface area (Å²) in [6.45, 7) is 6.14. The monoisotopic (exact) mass is 447 g/mol. The Labute approximate surface area is 194 Å². The van der Waals surface area contributed by atoms with E-state index in [1.807, 2.05) is 36.4 Å². The number of pyridine rings is 2. The van der Waals surface area contributed by atoms with Crippen LogP contribution < -0.4 is 20.3 Å². The Kier molecular flexibility index (Phi) is 7.04. The number of carbonyl (C=O) groups is 1. The number of nitrogens with one attached hydrogen (secondary N) is 2. The average molecular weight is 448 g/mol. The van der Waals surface area contributed by atoms with E-state index < -0.39 is 0 Å². The van der Waals surface area contributed by atoms with Crippen molar-refractivity contribution in [3.63, 3.8) is 0 Å². The van der Waals surface area contributed by atoms with E-state index >= 15 is 0 Å². The lowest BCUT2D eigenvalue weighted by molar-refractivity contribution is -0.00546. The summed E-state index contributed by atoms with van der Waals surface area (Å²) in [6.07, 6.45) is 3.79. The molecule has 0 spiro atoms. The summed E-state index contributed by atoms with van der Waals surface area (Å²) in [5, 5.41) is 6.16. The van der Waals surface area contributed by atoms with Gasteiger partial charge in [0.1, 0.15) is 17.4 Å². The largest absolute Gasteiger partial charge is 0.495 e. The van der Waals surface area contributed by atoms with E-state index in [4.69, 9.17) is 9.47 Å². The van der Waals surface area contributed by atoms with Gasteiger partial charge in [0, 0.05) is 32.0 Å². The van der Waals surface area contributed by atoms with Crippen LogP contribution in [0.3, 0.4) is 0 Å². The van der Waals surface area contributed by atoms with Gasteiger partial charge in [-0.25, -0.2) is 9.97 Å². The topological polar surface area (TPSA) is 88.6 Å². The molecule has 3 aromatic rings. The molecule has 4 rings (SSSR count). The molecule has 3 heterocycles. The van der Waals surface area contributed by atoms with Gasteiger partial charge in [0.2, 0.25) is 0 Å². The standard InChI is InChI=1S/C25H29N5O3/c1-17-15-30(16-18(2)33-17)23-11-10-19(13-27-23)14-28-25(31)20-7-6-12-26-24(20)29-21-8-4-5-9-22(21)32-3/h4-13,17-18H,14-16H2,1-3H3,(H,26,29)(H,28,31). The first-order chi connectivity index (χ1) is 16.0. The number of aromatic nitrogens is 2. The lowest BCUT2D eigenvalue weighted by Crippen LogP contribution is -2.45. The van der Waals surface area contributed by atoms with Crippen LogP contribution in [0.2, 0.25) is 0 Å². The molecule has 8 heteroatoms. The SMILES string of the molecule is COc1ccccc1Nc1ncccc1C(=O)NCc1ccc(N2CC(C)OC(C)C2)nc1. The van der Waals surface area contributed by atoms with Crippen molar-refractivity contribution in [2.24, 2.45) is 0 Å². The van der Waals surface area contributed by atoms with Crippen LogP contribution in [-0.4, -0.2) is 48.3 Å². The number of hydrogen-bond acceptors (Lipinski definition) is 7. The zero-order valence-corrected chi connectivity index (χ0v) is 19.1. The van der Waals surface area contributed by atoms with E-state index in [1.165, 1.54) is 0 Å². The Bertz CT molecular complexity index is 1080. The third kappa shape index (κ3) is 5.59. The van der Waals surface area contributed by atoms with Crippen LogP contribution in [0.4, 0.5) is 17.3 Å². The number of rotatable bonds is 7. The molecular formula is C25H29N5O3. The minimum atomic E-state index is -0.222. The second-order valence-corrected chi connectivity index (χ2v) is 8.09. The molecule has 0 radical (unpaired) electrons. The van der Waals surface area contributed by atoms with Crippen LogP contribution in [0.1, 0.15) is 29.8 Å². The number of hydrogen-bond donors (Lipinski definition) is 2. The molecular weight excluding hydrogens is 418 g/mol. The first-order valence-electron chi connectivity index (χ1n) is 11.0. The molecule has 2 aromatic heterocycles. The summed E-state index contributed by atoms with van der Waals surface area (Å²) >= 11 is 0.